The minimum atomic E-state index is -3.60. The van der Waals surface area contributed by atoms with E-state index in [-0.39, 0.29) is 24.6 Å². The molecule has 9 heteroatoms. The molecule has 2 heterocycles. The summed E-state index contributed by atoms with van der Waals surface area (Å²) in [6, 6.07) is 0. The summed E-state index contributed by atoms with van der Waals surface area (Å²) in [6.45, 7) is 2.19. The van der Waals surface area contributed by atoms with Crippen LogP contribution in [0.3, 0.4) is 0 Å². The van der Waals surface area contributed by atoms with Crippen molar-refractivity contribution in [3.8, 4) is 0 Å². The lowest BCUT2D eigenvalue weighted by molar-refractivity contribution is 0.269. The van der Waals surface area contributed by atoms with Crippen LogP contribution in [0.2, 0.25) is 0 Å². The summed E-state index contributed by atoms with van der Waals surface area (Å²) < 4.78 is 27.8. The van der Waals surface area contributed by atoms with Gasteiger partial charge in [0, 0.05) is 11.6 Å². The molecule has 0 unspecified atom stereocenters. The van der Waals surface area contributed by atoms with Crippen molar-refractivity contribution in [1.29, 1.82) is 0 Å². The average Bonchev–Trinajstić information content (AvgIpc) is 2.97. The van der Waals surface area contributed by atoms with Crippen LogP contribution in [0.4, 0.5) is 0 Å². The molecule has 2 rings (SSSR count). The molecule has 2 aromatic heterocycles. The van der Waals surface area contributed by atoms with E-state index in [1.54, 1.807) is 0 Å². The maximum absolute atomic E-state index is 12.0. The number of aliphatic hydroxyl groups is 1. The van der Waals surface area contributed by atoms with Crippen LogP contribution in [0.5, 0.6) is 0 Å². The molecule has 0 saturated heterocycles. The second-order valence-corrected chi connectivity index (χ2v) is 6.67. The first-order chi connectivity index (χ1) is 9.01. The van der Waals surface area contributed by atoms with Crippen LogP contribution in [0.15, 0.2) is 22.7 Å². The van der Waals surface area contributed by atoms with Crippen molar-refractivity contribution >= 4 is 21.4 Å². The van der Waals surface area contributed by atoms with Gasteiger partial charge in [0.25, 0.3) is 0 Å². The number of aliphatic hydroxyl groups excluding tert-OH is 1. The Morgan fingerprint density at radius 3 is 2.95 bits per heavy atom. The van der Waals surface area contributed by atoms with E-state index in [2.05, 4.69) is 14.8 Å². The van der Waals surface area contributed by atoms with Gasteiger partial charge in [0.05, 0.1) is 36.6 Å². The summed E-state index contributed by atoms with van der Waals surface area (Å²) in [5.41, 5.74) is 0.689. The molecule has 0 spiro atoms. The molecular formula is C10H14N4O3S2. The number of rotatable bonds is 6. The average molecular weight is 302 g/mol. The summed E-state index contributed by atoms with van der Waals surface area (Å²) in [4.78, 5) is 4.26. The maximum atomic E-state index is 12.0. The highest BCUT2D eigenvalue weighted by Gasteiger charge is 2.16. The second-order valence-electron chi connectivity index (χ2n) is 3.85. The molecule has 0 fully saturated rings. The van der Waals surface area contributed by atoms with E-state index in [0.29, 0.717) is 5.69 Å². The van der Waals surface area contributed by atoms with Gasteiger partial charge in [-0.15, -0.1) is 11.3 Å². The van der Waals surface area contributed by atoms with Gasteiger partial charge in [0.15, 0.2) is 0 Å². The Bertz CT molecular complexity index is 647. The maximum Gasteiger partial charge on any atom is 0.244 e. The molecule has 0 aliphatic rings. The normalized spacial score (nSPS) is 11.9. The third-order valence-corrected chi connectivity index (χ3v) is 4.54. The summed E-state index contributed by atoms with van der Waals surface area (Å²) >= 11 is 1.47. The monoisotopic (exact) mass is 302 g/mol. The number of thiazole rings is 1. The number of hydrogen-bond acceptors (Lipinski definition) is 6. The predicted octanol–water partition coefficient (Wildman–Crippen LogP) is 0.119. The van der Waals surface area contributed by atoms with Crippen LogP contribution in [-0.4, -0.2) is 34.9 Å². The molecule has 2 N–H and O–H groups in total. The molecule has 0 amide bonds. The Balaban J connectivity index is 2.04. The van der Waals surface area contributed by atoms with Gasteiger partial charge in [-0.3, -0.25) is 4.68 Å². The largest absolute Gasteiger partial charge is 0.394 e. The van der Waals surface area contributed by atoms with Crippen LogP contribution in [-0.2, 0) is 23.1 Å². The van der Waals surface area contributed by atoms with E-state index in [1.165, 1.54) is 28.4 Å². The van der Waals surface area contributed by atoms with E-state index >= 15 is 0 Å². The minimum absolute atomic E-state index is 0.0768. The first-order valence-electron chi connectivity index (χ1n) is 5.55. The van der Waals surface area contributed by atoms with Crippen LogP contribution in [0.1, 0.15) is 10.7 Å². The van der Waals surface area contributed by atoms with Gasteiger partial charge in [0.2, 0.25) is 10.0 Å². The summed E-state index contributed by atoms with van der Waals surface area (Å²) in [6.07, 6.45) is 2.63. The standard InChI is InChI=1S/C10H14N4O3S2/c1-8-13-9(7-18-8)4-12-19(16,17)10-5-11-14(6-10)2-3-15/h5-7,12,15H,2-4H2,1H3. The lowest BCUT2D eigenvalue weighted by atomic mass is 10.5. The van der Waals surface area contributed by atoms with Gasteiger partial charge in [-0.25, -0.2) is 18.1 Å². The molecule has 0 bridgehead atoms. The predicted molar refractivity (Wildman–Crippen MR) is 70.2 cm³/mol. The summed E-state index contributed by atoms with van der Waals surface area (Å²) in [5.74, 6) is 0. The van der Waals surface area contributed by atoms with E-state index in [4.69, 9.17) is 5.11 Å². The van der Waals surface area contributed by atoms with Crippen LogP contribution < -0.4 is 4.72 Å². The zero-order valence-electron chi connectivity index (χ0n) is 10.3. The molecule has 0 saturated carbocycles. The summed E-state index contributed by atoms with van der Waals surface area (Å²) in [5, 5.41) is 15.3. The van der Waals surface area contributed by atoms with Crippen LogP contribution in [0.25, 0.3) is 0 Å². The molecule has 0 aliphatic carbocycles. The first kappa shape index (κ1) is 14.1. The Labute approximate surface area is 115 Å². The van der Waals surface area contributed by atoms with Gasteiger partial charge in [-0.1, -0.05) is 0 Å². The second kappa shape index (κ2) is 5.78. The lowest BCUT2D eigenvalue weighted by Gasteiger charge is -2.02. The number of nitrogens with one attached hydrogen (secondary N) is 1. The third-order valence-electron chi connectivity index (χ3n) is 2.36. The Hall–Kier alpha value is -1.29. The quantitative estimate of drug-likeness (QED) is 0.790. The van der Waals surface area contributed by atoms with Gasteiger partial charge >= 0.3 is 0 Å². The Morgan fingerprint density at radius 2 is 2.32 bits per heavy atom. The molecule has 0 radical (unpaired) electrons. The fourth-order valence-electron chi connectivity index (χ4n) is 1.45. The van der Waals surface area contributed by atoms with E-state index in [0.717, 1.165) is 5.01 Å². The van der Waals surface area contributed by atoms with E-state index in [9.17, 15) is 8.42 Å². The first-order valence-corrected chi connectivity index (χ1v) is 7.91. The van der Waals surface area contributed by atoms with Gasteiger partial charge in [0.1, 0.15) is 4.90 Å². The van der Waals surface area contributed by atoms with E-state index < -0.39 is 10.0 Å². The molecule has 7 nitrogen and oxygen atoms in total. The SMILES string of the molecule is Cc1nc(CNS(=O)(=O)c2cnn(CCO)c2)cs1. The van der Waals surface area contributed by atoms with Gasteiger partial charge in [-0.2, -0.15) is 5.10 Å². The molecule has 0 aromatic carbocycles. The molecular weight excluding hydrogens is 288 g/mol. The highest BCUT2D eigenvalue weighted by Crippen LogP contribution is 2.10. The lowest BCUT2D eigenvalue weighted by Crippen LogP contribution is -2.23. The highest BCUT2D eigenvalue weighted by atomic mass is 32.2. The number of nitrogens with zero attached hydrogens (tertiary/aromatic N) is 3. The minimum Gasteiger partial charge on any atom is -0.394 e. The Morgan fingerprint density at radius 1 is 1.53 bits per heavy atom. The third kappa shape index (κ3) is 3.60. The van der Waals surface area contributed by atoms with Crippen molar-refractivity contribution in [2.24, 2.45) is 0 Å². The zero-order chi connectivity index (χ0) is 13.9. The number of hydrogen-bond donors (Lipinski definition) is 2. The molecule has 0 aliphatic heterocycles. The van der Waals surface area contributed by atoms with Crippen LogP contribution in [0, 0.1) is 6.92 Å². The van der Waals surface area contributed by atoms with Crippen molar-refractivity contribution in [2.45, 2.75) is 24.9 Å². The fourth-order valence-corrected chi connectivity index (χ4v) is 3.01. The van der Waals surface area contributed by atoms with Gasteiger partial charge in [-0.05, 0) is 6.92 Å². The molecule has 19 heavy (non-hydrogen) atoms. The van der Waals surface area contributed by atoms with Gasteiger partial charge < -0.3 is 5.11 Å². The number of sulfonamides is 1. The smallest absolute Gasteiger partial charge is 0.244 e. The van der Waals surface area contributed by atoms with E-state index in [1.807, 2.05) is 12.3 Å². The van der Waals surface area contributed by atoms with Crippen LogP contribution >= 0.6 is 11.3 Å². The van der Waals surface area contributed by atoms with Crippen molar-refractivity contribution in [2.75, 3.05) is 6.61 Å². The Kier molecular flexibility index (Phi) is 4.30. The number of aromatic nitrogens is 3. The highest BCUT2D eigenvalue weighted by molar-refractivity contribution is 7.89. The van der Waals surface area contributed by atoms with Crippen molar-refractivity contribution in [1.82, 2.24) is 19.5 Å². The molecule has 2 aromatic rings. The fraction of sp³-hybridized carbons (Fsp3) is 0.400. The van der Waals surface area contributed by atoms with Crippen molar-refractivity contribution in [3.05, 3.63) is 28.5 Å². The summed E-state index contributed by atoms with van der Waals surface area (Å²) in [7, 11) is -3.60. The van der Waals surface area contributed by atoms with Crippen molar-refractivity contribution in [3.63, 3.8) is 0 Å². The molecule has 0 atom stereocenters. The zero-order valence-corrected chi connectivity index (χ0v) is 11.9. The van der Waals surface area contributed by atoms with Crippen molar-refractivity contribution < 1.29 is 13.5 Å². The topological polar surface area (TPSA) is 97.1 Å². The number of aryl methyl sites for hydroxylation is 1. The molecule has 104 valence electrons.